The summed E-state index contributed by atoms with van der Waals surface area (Å²) in [5.41, 5.74) is 3.61. The summed E-state index contributed by atoms with van der Waals surface area (Å²) < 4.78 is 0. The lowest BCUT2D eigenvalue weighted by molar-refractivity contribution is 0.144. The third-order valence-corrected chi connectivity index (χ3v) is 5.82. The van der Waals surface area contributed by atoms with Crippen LogP contribution < -0.4 is 10.6 Å². The first kappa shape index (κ1) is 17.7. The zero-order valence-electron chi connectivity index (χ0n) is 15.1. The predicted molar refractivity (Wildman–Crippen MR) is 104 cm³/mol. The maximum absolute atomic E-state index is 12.4. The van der Waals surface area contributed by atoms with E-state index in [9.17, 15) is 4.79 Å². The summed E-state index contributed by atoms with van der Waals surface area (Å²) in [6.45, 7) is 8.85. The average Bonchev–Trinajstić information content (AvgIpc) is 2.99. The molecule has 1 aromatic heterocycles. The molecule has 2 N–H and O–H groups in total. The lowest BCUT2D eigenvalue weighted by atomic mass is 9.80. The van der Waals surface area contributed by atoms with Gasteiger partial charge in [-0.1, -0.05) is 25.1 Å². The summed E-state index contributed by atoms with van der Waals surface area (Å²) in [5.74, 6) is 0. The van der Waals surface area contributed by atoms with Crippen LogP contribution in [0, 0.1) is 19.3 Å². The molecule has 0 atom stereocenters. The first-order chi connectivity index (χ1) is 12.0. The molecule has 134 valence electrons. The van der Waals surface area contributed by atoms with Gasteiger partial charge in [0.25, 0.3) is 0 Å². The van der Waals surface area contributed by atoms with Crippen molar-refractivity contribution in [3.8, 4) is 0 Å². The van der Waals surface area contributed by atoms with Crippen molar-refractivity contribution in [1.29, 1.82) is 0 Å². The number of piperidine rings is 1. The minimum atomic E-state index is -0.0386. The van der Waals surface area contributed by atoms with Crippen molar-refractivity contribution >= 4 is 28.2 Å². The number of thiazole rings is 1. The summed E-state index contributed by atoms with van der Waals surface area (Å²) in [4.78, 5) is 18.6. The van der Waals surface area contributed by atoms with Crippen LogP contribution in [0.4, 0.5) is 15.6 Å². The Balaban J connectivity index is 1.50. The number of anilines is 2. The Kier molecular flexibility index (Phi) is 5.27. The Morgan fingerprint density at radius 2 is 2.00 bits per heavy atom. The van der Waals surface area contributed by atoms with E-state index in [1.807, 2.05) is 17.2 Å². The van der Waals surface area contributed by atoms with Gasteiger partial charge in [0.15, 0.2) is 5.13 Å². The number of hydrogen-bond donors (Lipinski definition) is 2. The number of carbonyl (C=O) groups is 1. The highest BCUT2D eigenvalue weighted by Crippen LogP contribution is 2.32. The smallest absolute Gasteiger partial charge is 0.323 e. The summed E-state index contributed by atoms with van der Waals surface area (Å²) in [6, 6.07) is 8.33. The highest BCUT2D eigenvalue weighted by Gasteiger charge is 2.32. The van der Waals surface area contributed by atoms with E-state index in [1.165, 1.54) is 22.6 Å². The standard InChI is InChI=1S/C19H26N4OS/c1-14-6-4-5-7-16(14)20-13-19(3)8-10-23(11-9-19)18(24)22-17-21-15(2)12-25-17/h4-7,12,20H,8-11,13H2,1-3H3,(H,21,22,24). The molecule has 2 aromatic rings. The third-order valence-electron chi connectivity index (χ3n) is 4.94. The van der Waals surface area contributed by atoms with Crippen LogP contribution in [0.25, 0.3) is 0 Å². The molecule has 0 unspecified atom stereocenters. The minimum Gasteiger partial charge on any atom is -0.384 e. The van der Waals surface area contributed by atoms with E-state index in [0.717, 1.165) is 38.2 Å². The van der Waals surface area contributed by atoms with Crippen LogP contribution in [0.3, 0.4) is 0 Å². The van der Waals surface area contributed by atoms with Crippen LogP contribution in [0.5, 0.6) is 0 Å². The Morgan fingerprint density at radius 1 is 1.28 bits per heavy atom. The zero-order chi connectivity index (χ0) is 17.9. The van der Waals surface area contributed by atoms with Gasteiger partial charge < -0.3 is 10.2 Å². The maximum Gasteiger partial charge on any atom is 0.323 e. The van der Waals surface area contributed by atoms with Gasteiger partial charge in [-0.15, -0.1) is 11.3 Å². The minimum absolute atomic E-state index is 0.0386. The second-order valence-corrected chi connectivity index (χ2v) is 8.05. The first-order valence-electron chi connectivity index (χ1n) is 8.73. The molecule has 3 rings (SSSR count). The highest BCUT2D eigenvalue weighted by molar-refractivity contribution is 7.13. The molecule has 6 heteroatoms. The molecule has 0 bridgehead atoms. The summed E-state index contributed by atoms with van der Waals surface area (Å²) >= 11 is 1.47. The molecular formula is C19H26N4OS. The van der Waals surface area contributed by atoms with E-state index in [4.69, 9.17) is 0 Å². The van der Waals surface area contributed by atoms with Gasteiger partial charge in [0.2, 0.25) is 0 Å². The molecule has 1 aromatic carbocycles. The number of benzene rings is 1. The molecule has 1 aliphatic heterocycles. The molecule has 1 fully saturated rings. The molecule has 0 radical (unpaired) electrons. The lowest BCUT2D eigenvalue weighted by Crippen LogP contribution is -2.46. The normalized spacial score (nSPS) is 16.5. The number of carbonyl (C=O) groups excluding carboxylic acids is 1. The number of rotatable bonds is 4. The number of aryl methyl sites for hydroxylation is 2. The van der Waals surface area contributed by atoms with Crippen LogP contribution in [-0.2, 0) is 0 Å². The largest absolute Gasteiger partial charge is 0.384 e. The third kappa shape index (κ3) is 4.51. The number of nitrogens with zero attached hydrogens (tertiary/aromatic N) is 2. The van der Waals surface area contributed by atoms with E-state index in [-0.39, 0.29) is 11.4 Å². The van der Waals surface area contributed by atoms with Crippen molar-refractivity contribution in [2.24, 2.45) is 5.41 Å². The van der Waals surface area contributed by atoms with Gasteiger partial charge >= 0.3 is 6.03 Å². The number of likely N-dealkylation sites (tertiary alicyclic amines) is 1. The van der Waals surface area contributed by atoms with Gasteiger partial charge in [-0.3, -0.25) is 5.32 Å². The lowest BCUT2D eigenvalue weighted by Gasteiger charge is -2.39. The summed E-state index contributed by atoms with van der Waals surface area (Å²) in [5, 5.41) is 9.11. The Labute approximate surface area is 153 Å². The Morgan fingerprint density at radius 3 is 2.64 bits per heavy atom. The zero-order valence-corrected chi connectivity index (χ0v) is 15.9. The van der Waals surface area contributed by atoms with E-state index in [2.05, 4.69) is 53.7 Å². The van der Waals surface area contributed by atoms with Crippen LogP contribution >= 0.6 is 11.3 Å². The number of hydrogen-bond acceptors (Lipinski definition) is 4. The van der Waals surface area contributed by atoms with Crippen LogP contribution in [0.15, 0.2) is 29.6 Å². The Hall–Kier alpha value is -2.08. The molecule has 25 heavy (non-hydrogen) atoms. The topological polar surface area (TPSA) is 57.3 Å². The second kappa shape index (κ2) is 7.44. The quantitative estimate of drug-likeness (QED) is 0.846. The number of urea groups is 1. The molecule has 1 saturated heterocycles. The van der Waals surface area contributed by atoms with Crippen molar-refractivity contribution in [2.75, 3.05) is 30.3 Å². The predicted octanol–water partition coefficient (Wildman–Crippen LogP) is 4.51. The summed E-state index contributed by atoms with van der Waals surface area (Å²) in [6.07, 6.45) is 1.99. The molecule has 0 spiro atoms. The van der Waals surface area contributed by atoms with Crippen molar-refractivity contribution < 1.29 is 4.79 Å². The molecule has 5 nitrogen and oxygen atoms in total. The molecule has 2 heterocycles. The van der Waals surface area contributed by atoms with Gasteiger partial charge in [0, 0.05) is 30.7 Å². The van der Waals surface area contributed by atoms with Gasteiger partial charge in [-0.2, -0.15) is 0 Å². The monoisotopic (exact) mass is 358 g/mol. The van der Waals surface area contributed by atoms with E-state index in [1.54, 1.807) is 0 Å². The van der Waals surface area contributed by atoms with E-state index >= 15 is 0 Å². The number of nitrogens with one attached hydrogen (secondary N) is 2. The highest BCUT2D eigenvalue weighted by atomic mass is 32.1. The van der Waals surface area contributed by atoms with Gasteiger partial charge in [-0.25, -0.2) is 9.78 Å². The molecule has 2 amide bonds. The van der Waals surface area contributed by atoms with Crippen molar-refractivity contribution in [2.45, 2.75) is 33.6 Å². The fraction of sp³-hybridized carbons (Fsp3) is 0.474. The maximum atomic E-state index is 12.4. The number of amides is 2. The van der Waals surface area contributed by atoms with Crippen molar-refractivity contribution in [3.63, 3.8) is 0 Å². The molecule has 0 aliphatic carbocycles. The number of aromatic nitrogens is 1. The van der Waals surface area contributed by atoms with Crippen molar-refractivity contribution in [3.05, 3.63) is 40.9 Å². The van der Waals surface area contributed by atoms with Gasteiger partial charge in [-0.05, 0) is 43.7 Å². The van der Waals surface area contributed by atoms with Crippen LogP contribution in [0.1, 0.15) is 31.0 Å². The van der Waals surface area contributed by atoms with E-state index < -0.39 is 0 Å². The number of para-hydroxylation sites is 1. The van der Waals surface area contributed by atoms with Gasteiger partial charge in [0.1, 0.15) is 0 Å². The molecular weight excluding hydrogens is 332 g/mol. The molecule has 1 aliphatic rings. The first-order valence-corrected chi connectivity index (χ1v) is 9.61. The van der Waals surface area contributed by atoms with Crippen molar-refractivity contribution in [1.82, 2.24) is 9.88 Å². The Bertz CT molecular complexity index is 735. The van der Waals surface area contributed by atoms with Crippen LogP contribution in [-0.4, -0.2) is 35.5 Å². The fourth-order valence-electron chi connectivity index (χ4n) is 3.09. The van der Waals surface area contributed by atoms with Gasteiger partial charge in [0.05, 0.1) is 5.69 Å². The average molecular weight is 359 g/mol. The fourth-order valence-corrected chi connectivity index (χ4v) is 3.77. The second-order valence-electron chi connectivity index (χ2n) is 7.19. The summed E-state index contributed by atoms with van der Waals surface area (Å²) in [7, 11) is 0. The SMILES string of the molecule is Cc1csc(NC(=O)N2CCC(C)(CNc3ccccc3C)CC2)n1. The molecule has 0 saturated carbocycles. The van der Waals surface area contributed by atoms with Crippen LogP contribution in [0.2, 0.25) is 0 Å². The van der Waals surface area contributed by atoms with E-state index in [0.29, 0.717) is 5.13 Å².